The number of carbonyl (C=O) groups excluding carboxylic acids is 1. The fraction of sp³-hybridized carbons (Fsp3) is 0.412. The molecule has 0 bridgehead atoms. The molecule has 0 saturated heterocycles. The van der Waals surface area contributed by atoms with Crippen LogP contribution in [-0.2, 0) is 34.0 Å². The van der Waals surface area contributed by atoms with Crippen LogP contribution < -0.4 is 4.74 Å². The number of carbonyl (C=O) groups is 1. The number of fused-ring (bicyclic) bond motifs is 1. The molecule has 0 aliphatic heterocycles. The number of hydrogen-bond acceptors (Lipinski definition) is 8. The Balaban J connectivity index is 1.68. The number of rotatable bonds is 11. The summed E-state index contributed by atoms with van der Waals surface area (Å²) >= 11 is 10.5. The van der Waals surface area contributed by atoms with E-state index in [0.717, 1.165) is 32.1 Å². The lowest BCUT2D eigenvalue weighted by molar-refractivity contribution is -0.165. The second-order valence-corrected chi connectivity index (χ2v) is 14.2. The number of nitrogens with zero attached hydrogens (tertiary/aromatic N) is 5. The Kier molecular flexibility index (Phi) is 10.9. The predicted octanol–water partition coefficient (Wildman–Crippen LogP) is 7.30. The standard InChI is InChI=1S/C34H39BrClN5O4/c1-33(2,3)44-21-30(32(42)45-34(4,5)6)40(7)18-25-12-28(36)24(19-41-29-10-8-9-27(35)26(29)17-39-41)13-31(25)43-20-23-11-22(14-37)15-38-16-23/h8-13,15-17,30H,18-21H2,1-7H3/t30-/m0/s1. The van der Waals surface area contributed by atoms with Gasteiger partial charge in [0.2, 0.25) is 0 Å². The maximum atomic E-state index is 13.3. The number of pyridine rings is 1. The largest absolute Gasteiger partial charge is 0.489 e. The Labute approximate surface area is 278 Å². The summed E-state index contributed by atoms with van der Waals surface area (Å²) in [4.78, 5) is 19.4. The zero-order valence-electron chi connectivity index (χ0n) is 26.7. The first kappa shape index (κ1) is 34.4. The van der Waals surface area contributed by atoms with Crippen LogP contribution in [0.2, 0.25) is 5.02 Å². The Morgan fingerprint density at radius 2 is 1.84 bits per heavy atom. The van der Waals surface area contributed by atoms with Crippen LogP contribution in [-0.4, -0.2) is 56.5 Å². The zero-order chi connectivity index (χ0) is 32.9. The molecule has 0 fully saturated rings. The van der Waals surface area contributed by atoms with E-state index < -0.39 is 17.2 Å². The number of hydrogen-bond donors (Lipinski definition) is 0. The summed E-state index contributed by atoms with van der Waals surface area (Å²) in [5.41, 5.74) is 2.64. The minimum absolute atomic E-state index is 0.144. The quantitative estimate of drug-likeness (QED) is 0.151. The third-order valence-corrected chi connectivity index (χ3v) is 7.85. The van der Waals surface area contributed by atoms with Crippen LogP contribution in [0.3, 0.4) is 0 Å². The smallest absolute Gasteiger partial charge is 0.326 e. The molecule has 0 unspecified atom stereocenters. The van der Waals surface area contributed by atoms with Gasteiger partial charge in [0.05, 0.1) is 36.0 Å². The van der Waals surface area contributed by atoms with Gasteiger partial charge in [0, 0.05) is 44.9 Å². The SMILES string of the molecule is CN(Cc1cc(Cl)c(Cn2ncc3c(Br)cccc32)cc1OCc1cncc(C#N)c1)[C@@H](COC(C)(C)C)C(=O)OC(C)(C)C. The lowest BCUT2D eigenvalue weighted by atomic mass is 10.1. The van der Waals surface area contributed by atoms with E-state index in [0.29, 0.717) is 29.4 Å². The highest BCUT2D eigenvalue weighted by atomic mass is 79.9. The van der Waals surface area contributed by atoms with Crippen molar-refractivity contribution in [3.05, 3.63) is 86.7 Å². The first-order chi connectivity index (χ1) is 21.1. The topological polar surface area (TPSA) is 103 Å². The Morgan fingerprint density at radius 3 is 2.53 bits per heavy atom. The molecule has 238 valence electrons. The second-order valence-electron chi connectivity index (χ2n) is 12.9. The maximum absolute atomic E-state index is 13.3. The van der Waals surface area contributed by atoms with Gasteiger partial charge in [-0.25, -0.2) is 0 Å². The van der Waals surface area contributed by atoms with Crippen molar-refractivity contribution in [3.63, 3.8) is 0 Å². The first-order valence-corrected chi connectivity index (χ1v) is 15.8. The molecule has 4 aromatic rings. The lowest BCUT2D eigenvalue weighted by Gasteiger charge is -2.32. The number of benzene rings is 2. The van der Waals surface area contributed by atoms with E-state index in [-0.39, 0.29) is 19.2 Å². The molecule has 0 aliphatic carbocycles. The van der Waals surface area contributed by atoms with E-state index in [2.05, 4.69) is 32.1 Å². The van der Waals surface area contributed by atoms with Crippen molar-refractivity contribution in [2.24, 2.45) is 0 Å². The number of nitriles is 1. The van der Waals surface area contributed by atoms with E-state index in [1.54, 1.807) is 12.3 Å². The number of esters is 1. The molecule has 0 spiro atoms. The molecule has 4 rings (SSSR count). The van der Waals surface area contributed by atoms with E-state index in [4.69, 9.17) is 25.8 Å². The Bertz CT molecular complexity index is 1700. The van der Waals surface area contributed by atoms with Crippen molar-refractivity contribution in [3.8, 4) is 11.8 Å². The van der Waals surface area contributed by atoms with Gasteiger partial charge in [-0.2, -0.15) is 10.4 Å². The van der Waals surface area contributed by atoms with Crippen LogP contribution in [0.15, 0.2) is 59.5 Å². The van der Waals surface area contributed by atoms with Crippen molar-refractivity contribution in [1.82, 2.24) is 19.7 Å². The number of aromatic nitrogens is 3. The average Bonchev–Trinajstić information content (AvgIpc) is 3.36. The number of halogens is 2. The molecule has 11 heteroatoms. The molecule has 0 amide bonds. The third kappa shape index (κ3) is 9.50. The molecular formula is C34H39BrClN5O4. The minimum atomic E-state index is -0.680. The molecular weight excluding hydrogens is 658 g/mol. The molecule has 0 radical (unpaired) electrons. The molecule has 0 N–H and O–H groups in total. The fourth-order valence-corrected chi connectivity index (χ4v) is 5.32. The highest BCUT2D eigenvalue weighted by Gasteiger charge is 2.31. The van der Waals surface area contributed by atoms with Crippen LogP contribution >= 0.6 is 27.5 Å². The average molecular weight is 697 g/mol. The van der Waals surface area contributed by atoms with Crippen molar-refractivity contribution >= 4 is 44.4 Å². The van der Waals surface area contributed by atoms with E-state index in [1.807, 2.05) is 94.7 Å². The monoisotopic (exact) mass is 695 g/mol. The van der Waals surface area contributed by atoms with E-state index >= 15 is 0 Å². The molecule has 45 heavy (non-hydrogen) atoms. The van der Waals surface area contributed by atoms with Gasteiger partial charge < -0.3 is 14.2 Å². The van der Waals surface area contributed by atoms with Gasteiger partial charge in [-0.05, 0) is 84.5 Å². The molecule has 9 nitrogen and oxygen atoms in total. The molecule has 2 aromatic carbocycles. The van der Waals surface area contributed by atoms with Gasteiger partial charge in [-0.1, -0.05) is 33.6 Å². The summed E-state index contributed by atoms with van der Waals surface area (Å²) in [7, 11) is 1.85. The first-order valence-electron chi connectivity index (χ1n) is 14.6. The lowest BCUT2D eigenvalue weighted by Crippen LogP contribution is -2.46. The zero-order valence-corrected chi connectivity index (χ0v) is 29.1. The van der Waals surface area contributed by atoms with E-state index in [9.17, 15) is 10.1 Å². The third-order valence-electron chi connectivity index (χ3n) is 6.81. The van der Waals surface area contributed by atoms with Gasteiger partial charge in [-0.15, -0.1) is 0 Å². The molecule has 2 heterocycles. The highest BCUT2D eigenvalue weighted by Crippen LogP contribution is 2.32. The minimum Gasteiger partial charge on any atom is -0.489 e. The van der Waals surface area contributed by atoms with Gasteiger partial charge >= 0.3 is 5.97 Å². The van der Waals surface area contributed by atoms with Gasteiger partial charge in [0.15, 0.2) is 0 Å². The van der Waals surface area contributed by atoms with Crippen molar-refractivity contribution < 1.29 is 19.0 Å². The molecule has 0 saturated carbocycles. The second kappa shape index (κ2) is 14.3. The molecule has 1 atom stereocenters. The summed E-state index contributed by atoms with van der Waals surface area (Å²) in [6, 6.07) is 12.9. The van der Waals surface area contributed by atoms with Crippen LogP contribution in [0.5, 0.6) is 5.75 Å². The fourth-order valence-electron chi connectivity index (χ4n) is 4.61. The number of ether oxygens (including phenoxy) is 3. The Hall–Kier alpha value is -3.49. The van der Waals surface area contributed by atoms with Crippen LogP contribution in [0.4, 0.5) is 0 Å². The van der Waals surface area contributed by atoms with Crippen molar-refractivity contribution in [1.29, 1.82) is 5.26 Å². The van der Waals surface area contributed by atoms with Gasteiger partial charge in [-0.3, -0.25) is 19.4 Å². The number of likely N-dealkylation sites (N-methyl/N-ethyl adjacent to an activating group) is 1. The molecule has 0 aliphatic rings. The summed E-state index contributed by atoms with van der Waals surface area (Å²) < 4.78 is 21.0. The summed E-state index contributed by atoms with van der Waals surface area (Å²) in [6.45, 7) is 12.4. The normalized spacial score (nSPS) is 12.7. The highest BCUT2D eigenvalue weighted by molar-refractivity contribution is 9.10. The van der Waals surface area contributed by atoms with Crippen LogP contribution in [0.25, 0.3) is 10.9 Å². The maximum Gasteiger partial charge on any atom is 0.326 e. The van der Waals surface area contributed by atoms with Gasteiger partial charge in [0.25, 0.3) is 0 Å². The van der Waals surface area contributed by atoms with Crippen LogP contribution in [0.1, 0.15) is 63.8 Å². The van der Waals surface area contributed by atoms with Crippen molar-refractivity contribution in [2.45, 2.75) is 78.5 Å². The summed E-state index contributed by atoms with van der Waals surface area (Å²) in [5, 5.41) is 15.5. The van der Waals surface area contributed by atoms with Crippen LogP contribution in [0, 0.1) is 11.3 Å². The molecule has 2 aromatic heterocycles. The van der Waals surface area contributed by atoms with Gasteiger partial charge in [0.1, 0.15) is 30.1 Å². The Morgan fingerprint density at radius 1 is 1.09 bits per heavy atom. The van der Waals surface area contributed by atoms with E-state index in [1.165, 1.54) is 6.20 Å². The van der Waals surface area contributed by atoms with Crippen molar-refractivity contribution in [2.75, 3.05) is 13.7 Å². The predicted molar refractivity (Wildman–Crippen MR) is 178 cm³/mol. The summed E-state index contributed by atoms with van der Waals surface area (Å²) in [5.74, 6) is 0.205. The summed E-state index contributed by atoms with van der Waals surface area (Å²) in [6.07, 6.45) is 4.99.